The number of aromatic nitrogens is 3. The van der Waals surface area contributed by atoms with Crippen molar-refractivity contribution in [1.82, 2.24) is 14.8 Å². The first kappa shape index (κ1) is 12.3. The fourth-order valence-electron chi connectivity index (χ4n) is 1.35. The Hall–Kier alpha value is -1.21. The van der Waals surface area contributed by atoms with Gasteiger partial charge in [-0.2, -0.15) is 0 Å². The predicted octanol–water partition coefficient (Wildman–Crippen LogP) is 2.48. The molecular weight excluding hydrogens is 306 g/mol. The Morgan fingerprint density at radius 3 is 3.00 bits per heavy atom. The predicted molar refractivity (Wildman–Crippen MR) is 68.0 cm³/mol. The van der Waals surface area contributed by atoms with Gasteiger partial charge in [-0.15, -0.1) is 16.4 Å². The van der Waals surface area contributed by atoms with E-state index >= 15 is 0 Å². The van der Waals surface area contributed by atoms with Crippen molar-refractivity contribution in [2.45, 2.75) is 6.92 Å². The van der Waals surface area contributed by atoms with Crippen LogP contribution in [0.3, 0.4) is 0 Å². The number of aryl methyl sites for hydroxylation is 1. The molecule has 0 saturated carbocycles. The van der Waals surface area contributed by atoms with Crippen molar-refractivity contribution in [3.63, 3.8) is 0 Å². The second-order valence-electron chi connectivity index (χ2n) is 3.24. The molecule has 2 heterocycles. The quantitative estimate of drug-likeness (QED) is 0.816. The Bertz CT molecular complexity index is 549. The van der Waals surface area contributed by atoms with Crippen LogP contribution in [-0.4, -0.2) is 27.3 Å². The van der Waals surface area contributed by atoms with Crippen LogP contribution in [0.15, 0.2) is 15.2 Å². The normalized spacial score (nSPS) is 10.5. The SMILES string of the molecule is CCOC(=O)c1nc(-c2csc(Br)c2)n(C)n1. The van der Waals surface area contributed by atoms with Crippen LogP contribution in [-0.2, 0) is 11.8 Å². The zero-order valence-electron chi connectivity index (χ0n) is 9.31. The molecule has 90 valence electrons. The van der Waals surface area contributed by atoms with E-state index in [1.54, 1.807) is 30.0 Å². The highest BCUT2D eigenvalue weighted by atomic mass is 79.9. The number of thiophene rings is 1. The van der Waals surface area contributed by atoms with Gasteiger partial charge in [0, 0.05) is 18.0 Å². The number of rotatable bonds is 3. The van der Waals surface area contributed by atoms with Gasteiger partial charge in [-0.3, -0.25) is 0 Å². The molecule has 7 heteroatoms. The summed E-state index contributed by atoms with van der Waals surface area (Å²) in [4.78, 5) is 15.7. The summed E-state index contributed by atoms with van der Waals surface area (Å²) in [5.41, 5.74) is 0.924. The molecule has 0 aliphatic carbocycles. The smallest absolute Gasteiger partial charge is 0.378 e. The molecule has 2 rings (SSSR count). The Labute approximate surface area is 111 Å². The maximum atomic E-state index is 11.5. The summed E-state index contributed by atoms with van der Waals surface area (Å²) in [7, 11) is 1.75. The molecule has 5 nitrogen and oxygen atoms in total. The van der Waals surface area contributed by atoms with Gasteiger partial charge in [0.15, 0.2) is 5.82 Å². The van der Waals surface area contributed by atoms with E-state index in [0.717, 1.165) is 9.35 Å². The van der Waals surface area contributed by atoms with E-state index in [4.69, 9.17) is 4.74 Å². The Kier molecular flexibility index (Phi) is 3.58. The van der Waals surface area contributed by atoms with Gasteiger partial charge in [0.05, 0.1) is 10.4 Å². The first-order valence-electron chi connectivity index (χ1n) is 4.94. The minimum Gasteiger partial charge on any atom is -0.460 e. The van der Waals surface area contributed by atoms with Gasteiger partial charge < -0.3 is 4.74 Å². The lowest BCUT2D eigenvalue weighted by molar-refractivity contribution is 0.0512. The molecule has 0 radical (unpaired) electrons. The lowest BCUT2D eigenvalue weighted by Gasteiger charge is -1.94. The van der Waals surface area contributed by atoms with Crippen LogP contribution in [0.1, 0.15) is 17.5 Å². The average molecular weight is 316 g/mol. The summed E-state index contributed by atoms with van der Waals surface area (Å²) in [6.45, 7) is 2.06. The van der Waals surface area contributed by atoms with E-state index in [1.165, 1.54) is 0 Å². The highest BCUT2D eigenvalue weighted by molar-refractivity contribution is 9.11. The lowest BCUT2D eigenvalue weighted by atomic mass is 10.3. The van der Waals surface area contributed by atoms with Crippen LogP contribution in [0.4, 0.5) is 0 Å². The van der Waals surface area contributed by atoms with Crippen LogP contribution in [0, 0.1) is 0 Å². The van der Waals surface area contributed by atoms with E-state index in [9.17, 15) is 4.79 Å². The zero-order valence-corrected chi connectivity index (χ0v) is 11.7. The van der Waals surface area contributed by atoms with Crippen LogP contribution in [0.2, 0.25) is 0 Å². The number of hydrogen-bond acceptors (Lipinski definition) is 5. The van der Waals surface area contributed by atoms with Gasteiger partial charge in [0.1, 0.15) is 0 Å². The first-order chi connectivity index (χ1) is 8.11. The molecule has 0 N–H and O–H groups in total. The second-order valence-corrected chi connectivity index (χ2v) is 5.53. The van der Waals surface area contributed by atoms with Gasteiger partial charge in [0.2, 0.25) is 0 Å². The maximum absolute atomic E-state index is 11.5. The van der Waals surface area contributed by atoms with Gasteiger partial charge in [-0.1, -0.05) is 0 Å². The number of carbonyl (C=O) groups is 1. The molecule has 0 aliphatic rings. The number of carbonyl (C=O) groups excluding carboxylic acids is 1. The van der Waals surface area contributed by atoms with Gasteiger partial charge in [0.25, 0.3) is 5.82 Å². The van der Waals surface area contributed by atoms with Gasteiger partial charge in [-0.25, -0.2) is 14.5 Å². The molecule has 0 atom stereocenters. The molecule has 0 amide bonds. The Morgan fingerprint density at radius 2 is 2.41 bits per heavy atom. The van der Waals surface area contributed by atoms with E-state index < -0.39 is 5.97 Å². The highest BCUT2D eigenvalue weighted by Crippen LogP contribution is 2.27. The first-order valence-corrected chi connectivity index (χ1v) is 6.61. The average Bonchev–Trinajstić information content (AvgIpc) is 2.85. The number of ether oxygens (including phenoxy) is 1. The van der Waals surface area contributed by atoms with E-state index in [2.05, 4.69) is 26.0 Å². The summed E-state index contributed by atoms with van der Waals surface area (Å²) in [5, 5.41) is 5.98. The van der Waals surface area contributed by atoms with Crippen LogP contribution >= 0.6 is 27.3 Å². The number of halogens is 1. The monoisotopic (exact) mass is 315 g/mol. The van der Waals surface area contributed by atoms with E-state index in [-0.39, 0.29) is 5.82 Å². The number of nitrogens with zero attached hydrogens (tertiary/aromatic N) is 3. The van der Waals surface area contributed by atoms with Crippen LogP contribution < -0.4 is 0 Å². The molecule has 2 aromatic heterocycles. The second kappa shape index (κ2) is 4.97. The molecule has 0 saturated heterocycles. The highest BCUT2D eigenvalue weighted by Gasteiger charge is 2.17. The fourth-order valence-corrected chi connectivity index (χ4v) is 2.48. The van der Waals surface area contributed by atoms with Crippen LogP contribution in [0.5, 0.6) is 0 Å². The number of hydrogen-bond donors (Lipinski definition) is 0. The summed E-state index contributed by atoms with van der Waals surface area (Å²) >= 11 is 4.94. The van der Waals surface area contributed by atoms with Gasteiger partial charge in [-0.05, 0) is 28.9 Å². The van der Waals surface area contributed by atoms with Crippen LogP contribution in [0.25, 0.3) is 11.4 Å². The number of esters is 1. The summed E-state index contributed by atoms with van der Waals surface area (Å²) in [6, 6.07) is 1.93. The van der Waals surface area contributed by atoms with Crippen molar-refractivity contribution in [2.24, 2.45) is 7.05 Å². The van der Waals surface area contributed by atoms with E-state index in [1.807, 2.05) is 11.4 Å². The minimum absolute atomic E-state index is 0.0895. The molecule has 0 aliphatic heterocycles. The van der Waals surface area contributed by atoms with E-state index in [0.29, 0.717) is 12.4 Å². The largest absolute Gasteiger partial charge is 0.460 e. The summed E-state index contributed by atoms with van der Waals surface area (Å²) in [5.74, 6) is 0.241. The molecule has 2 aromatic rings. The molecule has 0 aromatic carbocycles. The molecule has 0 fully saturated rings. The Balaban J connectivity index is 2.34. The zero-order chi connectivity index (χ0) is 12.4. The van der Waals surface area contributed by atoms with Crippen molar-refractivity contribution in [3.05, 3.63) is 21.1 Å². The molecule has 0 spiro atoms. The third-order valence-electron chi connectivity index (χ3n) is 2.05. The molecule has 17 heavy (non-hydrogen) atoms. The van der Waals surface area contributed by atoms with Crippen molar-refractivity contribution in [1.29, 1.82) is 0 Å². The maximum Gasteiger partial charge on any atom is 0.378 e. The summed E-state index contributed by atoms with van der Waals surface area (Å²) in [6.07, 6.45) is 0. The van der Waals surface area contributed by atoms with Crippen molar-refractivity contribution < 1.29 is 9.53 Å². The standard InChI is InChI=1S/C10H10BrN3O2S/c1-3-16-10(15)8-12-9(14(2)13-8)6-4-7(11)17-5-6/h4-5H,3H2,1-2H3. The topological polar surface area (TPSA) is 57.0 Å². The van der Waals surface area contributed by atoms with Crippen molar-refractivity contribution in [2.75, 3.05) is 6.61 Å². The lowest BCUT2D eigenvalue weighted by Crippen LogP contribution is -2.07. The van der Waals surface area contributed by atoms with Crippen molar-refractivity contribution >= 4 is 33.2 Å². The minimum atomic E-state index is -0.497. The summed E-state index contributed by atoms with van der Waals surface area (Å²) < 4.78 is 7.43. The van der Waals surface area contributed by atoms with Gasteiger partial charge >= 0.3 is 5.97 Å². The molecule has 0 bridgehead atoms. The molecule has 0 unspecified atom stereocenters. The third-order valence-corrected chi connectivity index (χ3v) is 3.55. The Morgan fingerprint density at radius 1 is 1.65 bits per heavy atom. The third kappa shape index (κ3) is 2.55. The molecular formula is C10H10BrN3O2S. The van der Waals surface area contributed by atoms with Crippen molar-refractivity contribution in [3.8, 4) is 11.4 Å². The fraction of sp³-hybridized carbons (Fsp3) is 0.300.